The van der Waals surface area contributed by atoms with E-state index in [0.717, 1.165) is 29.9 Å². The Morgan fingerprint density at radius 2 is 1.95 bits per heavy atom. The minimum Gasteiger partial charge on any atom is -0.383 e. The molecule has 1 aromatic heterocycles. The van der Waals surface area contributed by atoms with E-state index in [1.165, 1.54) is 11.9 Å². The van der Waals surface area contributed by atoms with Crippen LogP contribution in [0, 0.1) is 0 Å². The lowest BCUT2D eigenvalue weighted by Crippen LogP contribution is -2.47. The number of likely N-dealkylation sites (N-methyl/N-ethyl adjacent to an activating group) is 1. The van der Waals surface area contributed by atoms with Gasteiger partial charge in [-0.2, -0.15) is 0 Å². The number of anilines is 2. The first-order valence-electron chi connectivity index (χ1n) is 6.93. The number of piperazine rings is 1. The van der Waals surface area contributed by atoms with Crippen molar-refractivity contribution in [1.29, 1.82) is 0 Å². The highest BCUT2D eigenvalue weighted by Gasteiger charge is 2.29. The molecule has 0 amide bonds. The molecule has 1 saturated heterocycles. The molecule has 6 heteroatoms. The molecule has 21 heavy (non-hydrogen) atoms. The van der Waals surface area contributed by atoms with Crippen LogP contribution in [0.2, 0.25) is 0 Å². The maximum absolute atomic E-state index is 5.90. The summed E-state index contributed by atoms with van der Waals surface area (Å²) in [5.74, 6) is 1.34. The molecule has 0 spiro atoms. The van der Waals surface area contributed by atoms with Gasteiger partial charge in [0.2, 0.25) is 0 Å². The van der Waals surface area contributed by atoms with E-state index in [4.69, 9.17) is 5.73 Å². The van der Waals surface area contributed by atoms with Gasteiger partial charge in [0, 0.05) is 19.6 Å². The topological polar surface area (TPSA) is 58.3 Å². The number of halogens is 1. The minimum absolute atomic E-state index is 0.260. The summed E-state index contributed by atoms with van der Waals surface area (Å²) < 4.78 is 0.774. The Kier molecular flexibility index (Phi) is 4.07. The van der Waals surface area contributed by atoms with Crippen LogP contribution in [0.15, 0.2) is 41.1 Å². The molecule has 1 fully saturated rings. The van der Waals surface area contributed by atoms with Crippen LogP contribution in [0.5, 0.6) is 0 Å². The largest absolute Gasteiger partial charge is 0.383 e. The van der Waals surface area contributed by atoms with Gasteiger partial charge in [-0.3, -0.25) is 0 Å². The number of hydrogen-bond donors (Lipinski definition) is 1. The Balaban J connectivity index is 2.00. The standard InChI is InChI=1S/C15H18BrN5/c1-20-7-8-21(15-13(16)14(17)18-10-19-15)12(9-20)11-5-3-2-4-6-11/h2-6,10,12H,7-9H2,1H3,(H2,17,18,19). The molecule has 1 aromatic carbocycles. The van der Waals surface area contributed by atoms with Crippen molar-refractivity contribution in [2.24, 2.45) is 0 Å². The lowest BCUT2D eigenvalue weighted by molar-refractivity contribution is 0.268. The van der Waals surface area contributed by atoms with Crippen LogP contribution >= 0.6 is 15.9 Å². The zero-order chi connectivity index (χ0) is 14.8. The summed E-state index contributed by atoms with van der Waals surface area (Å²) in [7, 11) is 2.15. The highest BCUT2D eigenvalue weighted by atomic mass is 79.9. The van der Waals surface area contributed by atoms with Gasteiger partial charge < -0.3 is 15.5 Å². The molecule has 0 saturated carbocycles. The van der Waals surface area contributed by atoms with Crippen molar-refractivity contribution in [3.05, 3.63) is 46.7 Å². The van der Waals surface area contributed by atoms with Gasteiger partial charge >= 0.3 is 0 Å². The van der Waals surface area contributed by atoms with Crippen molar-refractivity contribution in [3.8, 4) is 0 Å². The third-order valence-electron chi connectivity index (χ3n) is 3.84. The van der Waals surface area contributed by atoms with E-state index in [-0.39, 0.29) is 6.04 Å². The Morgan fingerprint density at radius 1 is 1.19 bits per heavy atom. The molecule has 110 valence electrons. The normalized spacial score (nSPS) is 19.7. The second kappa shape index (κ2) is 5.99. The molecular formula is C15H18BrN5. The first kappa shape index (κ1) is 14.3. The van der Waals surface area contributed by atoms with Crippen molar-refractivity contribution >= 4 is 27.6 Å². The van der Waals surface area contributed by atoms with Crippen LogP contribution in [0.25, 0.3) is 0 Å². The monoisotopic (exact) mass is 347 g/mol. The number of nitrogens with two attached hydrogens (primary N) is 1. The lowest BCUT2D eigenvalue weighted by Gasteiger charge is -2.41. The molecule has 2 heterocycles. The fourth-order valence-corrected chi connectivity index (χ4v) is 3.14. The molecule has 2 aromatic rings. The second-order valence-corrected chi connectivity index (χ2v) is 6.07. The summed E-state index contributed by atoms with van der Waals surface area (Å²) in [5.41, 5.74) is 7.19. The van der Waals surface area contributed by atoms with Gasteiger partial charge in [-0.15, -0.1) is 0 Å². The van der Waals surface area contributed by atoms with Crippen LogP contribution in [0.3, 0.4) is 0 Å². The van der Waals surface area contributed by atoms with Gasteiger partial charge in [0.1, 0.15) is 22.4 Å². The molecular weight excluding hydrogens is 330 g/mol. The highest BCUT2D eigenvalue weighted by Crippen LogP contribution is 2.35. The average Bonchev–Trinajstić information content (AvgIpc) is 2.51. The summed E-state index contributed by atoms with van der Waals surface area (Å²) in [5, 5.41) is 0. The molecule has 2 N–H and O–H groups in total. The predicted molar refractivity (Wildman–Crippen MR) is 88.2 cm³/mol. The quantitative estimate of drug-likeness (QED) is 0.903. The predicted octanol–water partition coefficient (Wildman–Crippen LogP) is 2.31. The molecule has 1 aliphatic rings. The smallest absolute Gasteiger partial charge is 0.149 e. The second-order valence-electron chi connectivity index (χ2n) is 5.28. The number of rotatable bonds is 2. The van der Waals surface area contributed by atoms with Crippen LogP contribution < -0.4 is 10.6 Å². The molecule has 1 aliphatic heterocycles. The van der Waals surface area contributed by atoms with Gasteiger partial charge in [-0.1, -0.05) is 30.3 Å². The fraction of sp³-hybridized carbons (Fsp3) is 0.333. The fourth-order valence-electron chi connectivity index (χ4n) is 2.71. The number of nitrogen functional groups attached to an aromatic ring is 1. The van der Waals surface area contributed by atoms with Crippen molar-refractivity contribution in [2.45, 2.75) is 6.04 Å². The van der Waals surface area contributed by atoms with Gasteiger partial charge in [-0.05, 0) is 28.5 Å². The van der Waals surface area contributed by atoms with Crippen LogP contribution in [-0.2, 0) is 0 Å². The van der Waals surface area contributed by atoms with Gasteiger partial charge in [0.05, 0.1) is 6.04 Å². The average molecular weight is 348 g/mol. The number of nitrogens with zero attached hydrogens (tertiary/aromatic N) is 4. The van der Waals surface area contributed by atoms with Crippen molar-refractivity contribution in [3.63, 3.8) is 0 Å². The Hall–Kier alpha value is -1.66. The highest BCUT2D eigenvalue weighted by molar-refractivity contribution is 9.10. The SMILES string of the molecule is CN1CCN(c2ncnc(N)c2Br)C(c2ccccc2)C1. The minimum atomic E-state index is 0.260. The van der Waals surface area contributed by atoms with E-state index in [1.807, 2.05) is 6.07 Å². The maximum Gasteiger partial charge on any atom is 0.149 e. The number of hydrogen-bond acceptors (Lipinski definition) is 5. The Morgan fingerprint density at radius 3 is 2.71 bits per heavy atom. The molecule has 0 bridgehead atoms. The van der Waals surface area contributed by atoms with E-state index in [9.17, 15) is 0 Å². The Labute approximate surface area is 132 Å². The van der Waals surface area contributed by atoms with E-state index in [1.54, 1.807) is 0 Å². The third-order valence-corrected chi connectivity index (χ3v) is 4.60. The van der Waals surface area contributed by atoms with Crippen LogP contribution in [-0.4, -0.2) is 41.5 Å². The summed E-state index contributed by atoms with van der Waals surface area (Å²) in [6.45, 7) is 2.87. The van der Waals surface area contributed by atoms with E-state index in [2.05, 4.69) is 67.0 Å². The zero-order valence-electron chi connectivity index (χ0n) is 11.9. The first-order chi connectivity index (χ1) is 10.2. The van der Waals surface area contributed by atoms with E-state index in [0.29, 0.717) is 5.82 Å². The maximum atomic E-state index is 5.90. The molecule has 3 rings (SSSR count). The van der Waals surface area contributed by atoms with E-state index < -0.39 is 0 Å². The molecule has 1 unspecified atom stereocenters. The molecule has 0 aliphatic carbocycles. The number of benzene rings is 1. The van der Waals surface area contributed by atoms with Crippen LogP contribution in [0.1, 0.15) is 11.6 Å². The van der Waals surface area contributed by atoms with E-state index >= 15 is 0 Å². The van der Waals surface area contributed by atoms with Gasteiger partial charge in [0.15, 0.2) is 0 Å². The van der Waals surface area contributed by atoms with Crippen molar-refractivity contribution in [1.82, 2.24) is 14.9 Å². The summed E-state index contributed by atoms with van der Waals surface area (Å²) in [6, 6.07) is 10.8. The van der Waals surface area contributed by atoms with Gasteiger partial charge in [0.25, 0.3) is 0 Å². The van der Waals surface area contributed by atoms with Crippen molar-refractivity contribution in [2.75, 3.05) is 37.3 Å². The number of aromatic nitrogens is 2. The summed E-state index contributed by atoms with van der Waals surface area (Å²) in [4.78, 5) is 13.1. The molecule has 0 radical (unpaired) electrons. The third kappa shape index (κ3) is 2.87. The molecule has 1 atom stereocenters. The molecule has 5 nitrogen and oxygen atoms in total. The van der Waals surface area contributed by atoms with Crippen molar-refractivity contribution < 1.29 is 0 Å². The van der Waals surface area contributed by atoms with Crippen LogP contribution in [0.4, 0.5) is 11.6 Å². The summed E-state index contributed by atoms with van der Waals surface area (Å²) in [6.07, 6.45) is 1.52. The first-order valence-corrected chi connectivity index (χ1v) is 7.72. The lowest BCUT2D eigenvalue weighted by atomic mass is 10.0. The van der Waals surface area contributed by atoms with Gasteiger partial charge in [-0.25, -0.2) is 9.97 Å². The Bertz CT molecular complexity index is 619. The summed E-state index contributed by atoms with van der Waals surface area (Å²) >= 11 is 3.53. The zero-order valence-corrected chi connectivity index (χ0v) is 13.5.